The van der Waals surface area contributed by atoms with E-state index in [2.05, 4.69) is 4.98 Å². The lowest BCUT2D eigenvalue weighted by Gasteiger charge is -2.26. The van der Waals surface area contributed by atoms with E-state index in [0.717, 1.165) is 32.1 Å². The smallest absolute Gasteiger partial charge is 0.264 e. The van der Waals surface area contributed by atoms with Gasteiger partial charge in [-0.25, -0.2) is 4.98 Å². The third-order valence-corrected chi connectivity index (χ3v) is 6.62. The van der Waals surface area contributed by atoms with Gasteiger partial charge in [-0.15, -0.1) is 22.7 Å². The maximum atomic E-state index is 12.9. The first-order valence-electron chi connectivity index (χ1n) is 8.52. The fraction of sp³-hybridized carbons (Fsp3) is 0.389. The van der Waals surface area contributed by atoms with E-state index < -0.39 is 0 Å². The molecule has 4 heterocycles. The van der Waals surface area contributed by atoms with E-state index in [1.54, 1.807) is 22.2 Å². The van der Waals surface area contributed by atoms with Gasteiger partial charge in [-0.05, 0) is 37.5 Å². The summed E-state index contributed by atoms with van der Waals surface area (Å²) in [4.78, 5) is 36.6. The fourth-order valence-electron chi connectivity index (χ4n) is 3.22. The normalized spacial score (nSPS) is 14.2. The Morgan fingerprint density at radius 3 is 2.96 bits per heavy atom. The van der Waals surface area contributed by atoms with Crippen molar-refractivity contribution in [2.45, 2.75) is 19.5 Å². The van der Waals surface area contributed by atoms with Gasteiger partial charge in [0.2, 0.25) is 0 Å². The lowest BCUT2D eigenvalue weighted by atomic mass is 10.1. The molecule has 0 fully saturated rings. The molecule has 0 aliphatic carbocycles. The van der Waals surface area contributed by atoms with Gasteiger partial charge in [-0.2, -0.15) is 0 Å². The molecular weight excluding hydrogens is 368 g/mol. The standard InChI is InChI=1S/C18H20N4O2S2/c1-20(2)7-8-22-11-19-16-15(18(22)24)12-5-6-21(10-14(12)26-16)17(23)13-4-3-9-25-13/h3-4,9,11H,5-8,10H2,1-2H3. The maximum absolute atomic E-state index is 12.9. The molecule has 0 radical (unpaired) electrons. The topological polar surface area (TPSA) is 58.4 Å². The SMILES string of the molecule is CN(C)CCn1cnc2sc3c(c2c1=O)CCN(C(=O)c1cccs1)C3. The Bertz CT molecular complexity index is 1000. The highest BCUT2D eigenvalue weighted by Crippen LogP contribution is 2.33. The second-order valence-corrected chi connectivity index (χ2v) is 8.72. The monoisotopic (exact) mass is 388 g/mol. The van der Waals surface area contributed by atoms with Crippen molar-refractivity contribution in [2.75, 3.05) is 27.2 Å². The molecule has 136 valence electrons. The molecule has 1 aliphatic heterocycles. The quantitative estimate of drug-likeness (QED) is 0.688. The molecule has 3 aromatic heterocycles. The van der Waals surface area contributed by atoms with Crippen molar-refractivity contribution in [1.29, 1.82) is 0 Å². The van der Waals surface area contributed by atoms with Crippen molar-refractivity contribution in [3.63, 3.8) is 0 Å². The Morgan fingerprint density at radius 1 is 1.38 bits per heavy atom. The maximum Gasteiger partial charge on any atom is 0.264 e. The molecule has 0 N–H and O–H groups in total. The summed E-state index contributed by atoms with van der Waals surface area (Å²) in [5.74, 6) is 0.0689. The van der Waals surface area contributed by atoms with Gasteiger partial charge >= 0.3 is 0 Å². The van der Waals surface area contributed by atoms with Crippen LogP contribution in [-0.4, -0.2) is 52.4 Å². The van der Waals surface area contributed by atoms with Crippen molar-refractivity contribution in [3.05, 3.63) is 49.5 Å². The molecule has 8 heteroatoms. The average Bonchev–Trinajstić information content (AvgIpc) is 3.27. The first kappa shape index (κ1) is 17.4. The zero-order valence-electron chi connectivity index (χ0n) is 14.8. The number of likely N-dealkylation sites (N-methyl/N-ethyl adjacent to an activating group) is 1. The van der Waals surface area contributed by atoms with E-state index in [1.807, 2.05) is 41.4 Å². The van der Waals surface area contributed by atoms with E-state index in [-0.39, 0.29) is 11.5 Å². The van der Waals surface area contributed by atoms with Gasteiger partial charge in [-0.1, -0.05) is 6.07 Å². The number of nitrogens with zero attached hydrogens (tertiary/aromatic N) is 4. The Hall–Kier alpha value is -2.03. The van der Waals surface area contributed by atoms with Crippen LogP contribution in [0.25, 0.3) is 10.2 Å². The Balaban J connectivity index is 1.65. The van der Waals surface area contributed by atoms with Crippen LogP contribution in [0.1, 0.15) is 20.1 Å². The minimum atomic E-state index is 0.0346. The van der Waals surface area contributed by atoms with Gasteiger partial charge < -0.3 is 9.80 Å². The number of hydrogen-bond donors (Lipinski definition) is 0. The van der Waals surface area contributed by atoms with Crippen LogP contribution >= 0.6 is 22.7 Å². The minimum Gasteiger partial charge on any atom is -0.332 e. The van der Waals surface area contributed by atoms with E-state index >= 15 is 0 Å². The fourth-order valence-corrected chi connectivity index (χ4v) is 5.10. The second kappa shape index (κ2) is 6.94. The summed E-state index contributed by atoms with van der Waals surface area (Å²) in [6, 6.07) is 3.76. The number of hydrogen-bond acceptors (Lipinski definition) is 6. The number of carbonyl (C=O) groups excluding carboxylic acids is 1. The first-order valence-corrected chi connectivity index (χ1v) is 10.2. The number of carbonyl (C=O) groups is 1. The molecule has 0 saturated heterocycles. The number of fused-ring (bicyclic) bond motifs is 3. The molecule has 6 nitrogen and oxygen atoms in total. The Morgan fingerprint density at radius 2 is 2.23 bits per heavy atom. The van der Waals surface area contributed by atoms with Crippen molar-refractivity contribution < 1.29 is 4.79 Å². The van der Waals surface area contributed by atoms with Gasteiger partial charge in [0.25, 0.3) is 11.5 Å². The van der Waals surface area contributed by atoms with Crippen LogP contribution in [0.2, 0.25) is 0 Å². The van der Waals surface area contributed by atoms with E-state index in [1.165, 1.54) is 11.3 Å². The molecule has 0 spiro atoms. The molecule has 1 aliphatic rings. The van der Waals surface area contributed by atoms with E-state index in [4.69, 9.17) is 0 Å². The Labute approximate surface area is 159 Å². The summed E-state index contributed by atoms with van der Waals surface area (Å²) in [7, 11) is 3.98. The van der Waals surface area contributed by atoms with Crippen molar-refractivity contribution >= 4 is 38.8 Å². The van der Waals surface area contributed by atoms with E-state index in [9.17, 15) is 9.59 Å². The average molecular weight is 389 g/mol. The van der Waals surface area contributed by atoms with Crippen LogP contribution in [0.15, 0.2) is 28.6 Å². The summed E-state index contributed by atoms with van der Waals surface area (Å²) < 4.78 is 1.69. The summed E-state index contributed by atoms with van der Waals surface area (Å²) in [5, 5.41) is 2.66. The molecule has 0 unspecified atom stereocenters. The first-order chi connectivity index (χ1) is 12.5. The van der Waals surface area contributed by atoms with Crippen molar-refractivity contribution in [2.24, 2.45) is 0 Å². The van der Waals surface area contributed by atoms with Crippen LogP contribution in [0.3, 0.4) is 0 Å². The molecule has 0 bridgehead atoms. The third kappa shape index (κ3) is 3.08. The number of rotatable bonds is 4. The highest BCUT2D eigenvalue weighted by Gasteiger charge is 2.27. The molecule has 4 rings (SSSR count). The zero-order valence-corrected chi connectivity index (χ0v) is 16.4. The summed E-state index contributed by atoms with van der Waals surface area (Å²) in [6.45, 7) is 2.62. The van der Waals surface area contributed by atoms with Gasteiger partial charge in [-0.3, -0.25) is 14.2 Å². The van der Waals surface area contributed by atoms with Gasteiger partial charge in [0.05, 0.1) is 23.1 Å². The van der Waals surface area contributed by atoms with Crippen LogP contribution in [0.5, 0.6) is 0 Å². The lowest BCUT2D eigenvalue weighted by Crippen LogP contribution is -2.35. The predicted octanol–water partition coefficient (Wildman–Crippen LogP) is 2.28. The van der Waals surface area contributed by atoms with Gasteiger partial charge in [0, 0.05) is 24.5 Å². The van der Waals surface area contributed by atoms with Crippen molar-refractivity contribution in [1.82, 2.24) is 19.4 Å². The molecule has 0 saturated carbocycles. The molecule has 0 aromatic carbocycles. The van der Waals surface area contributed by atoms with Gasteiger partial charge in [0.1, 0.15) is 4.83 Å². The number of amides is 1. The summed E-state index contributed by atoms with van der Waals surface area (Å²) >= 11 is 3.01. The summed E-state index contributed by atoms with van der Waals surface area (Å²) in [6.07, 6.45) is 2.35. The predicted molar refractivity (Wildman–Crippen MR) is 105 cm³/mol. The van der Waals surface area contributed by atoms with E-state index in [0.29, 0.717) is 26.1 Å². The molecule has 26 heavy (non-hydrogen) atoms. The van der Waals surface area contributed by atoms with Crippen LogP contribution in [0, 0.1) is 0 Å². The van der Waals surface area contributed by atoms with Crippen LogP contribution < -0.4 is 5.56 Å². The number of thiophene rings is 2. The molecule has 3 aromatic rings. The largest absolute Gasteiger partial charge is 0.332 e. The zero-order chi connectivity index (χ0) is 18.3. The van der Waals surface area contributed by atoms with Crippen molar-refractivity contribution in [3.8, 4) is 0 Å². The number of aromatic nitrogens is 2. The Kier molecular flexibility index (Phi) is 4.64. The van der Waals surface area contributed by atoms with Crippen LogP contribution in [-0.2, 0) is 19.5 Å². The highest BCUT2D eigenvalue weighted by molar-refractivity contribution is 7.18. The molecule has 1 amide bonds. The lowest BCUT2D eigenvalue weighted by molar-refractivity contribution is 0.0742. The molecular formula is C18H20N4O2S2. The second-order valence-electron chi connectivity index (χ2n) is 6.68. The minimum absolute atomic E-state index is 0.0346. The summed E-state index contributed by atoms with van der Waals surface area (Å²) in [5.41, 5.74) is 1.12. The third-order valence-electron chi connectivity index (χ3n) is 4.63. The van der Waals surface area contributed by atoms with Gasteiger partial charge in [0.15, 0.2) is 0 Å². The highest BCUT2D eigenvalue weighted by atomic mass is 32.1. The van der Waals surface area contributed by atoms with Crippen LogP contribution in [0.4, 0.5) is 0 Å². The molecule has 0 atom stereocenters.